The van der Waals surface area contributed by atoms with Crippen LogP contribution in [0.1, 0.15) is 138 Å². The second kappa shape index (κ2) is 14.1. The van der Waals surface area contributed by atoms with Gasteiger partial charge in [0.2, 0.25) is 0 Å². The quantitative estimate of drug-likeness (QED) is 0.237. The van der Waals surface area contributed by atoms with Gasteiger partial charge in [-0.3, -0.25) is 4.90 Å². The first-order chi connectivity index (χ1) is 11.8. The number of hydrogen-bond donors (Lipinski definition) is 0. The summed E-state index contributed by atoms with van der Waals surface area (Å²) in [5.41, 5.74) is 0.652. The molecule has 25 heavy (non-hydrogen) atoms. The molecule has 0 saturated heterocycles. The van der Waals surface area contributed by atoms with Gasteiger partial charge in [0.25, 0.3) is 0 Å². The molecule has 0 saturated carbocycles. The summed E-state index contributed by atoms with van der Waals surface area (Å²) in [4.78, 5) is 2.83. The predicted molar refractivity (Wildman–Crippen MR) is 117 cm³/mol. The highest BCUT2D eigenvalue weighted by molar-refractivity contribution is 4.92. The molecule has 1 heteroatoms. The summed E-state index contributed by atoms with van der Waals surface area (Å²) in [6.45, 7) is 18.1. The smallest absolute Gasteiger partial charge is 0.0158 e. The molecule has 0 fully saturated rings. The number of rotatable bonds is 17. The van der Waals surface area contributed by atoms with Gasteiger partial charge in [-0.05, 0) is 53.5 Å². The third-order valence-electron chi connectivity index (χ3n) is 5.92. The van der Waals surface area contributed by atoms with E-state index in [0.29, 0.717) is 11.1 Å². The lowest BCUT2D eigenvalue weighted by atomic mass is 9.86. The van der Waals surface area contributed by atoms with Crippen molar-refractivity contribution in [2.24, 2.45) is 0 Å². The second-order valence-corrected chi connectivity index (χ2v) is 9.46. The summed E-state index contributed by atoms with van der Waals surface area (Å²) < 4.78 is 0. The van der Waals surface area contributed by atoms with Gasteiger partial charge < -0.3 is 0 Å². The van der Waals surface area contributed by atoms with Crippen molar-refractivity contribution in [3.05, 3.63) is 0 Å². The molecule has 0 radical (unpaired) electrons. The zero-order chi connectivity index (χ0) is 19.2. The summed E-state index contributed by atoms with van der Waals surface area (Å²) in [5, 5.41) is 0. The Bertz CT molecular complexity index is 274. The van der Waals surface area contributed by atoms with Crippen LogP contribution in [-0.2, 0) is 0 Å². The van der Waals surface area contributed by atoms with Crippen molar-refractivity contribution in [1.82, 2.24) is 4.90 Å². The molecule has 0 spiro atoms. The fourth-order valence-electron chi connectivity index (χ4n) is 4.68. The Morgan fingerprint density at radius 1 is 0.480 bits per heavy atom. The fraction of sp³-hybridized carbons (Fsp3) is 1.00. The lowest BCUT2D eigenvalue weighted by Crippen LogP contribution is -2.55. The van der Waals surface area contributed by atoms with Crippen LogP contribution >= 0.6 is 0 Å². The van der Waals surface area contributed by atoms with Crippen LogP contribution in [0.5, 0.6) is 0 Å². The summed E-state index contributed by atoms with van der Waals surface area (Å²) in [6.07, 6.45) is 19.4. The monoisotopic (exact) mass is 353 g/mol. The SMILES string of the molecule is CCCCCCCCCCCCN(C(C)(C)CCC)C(C)(C)CCC. The van der Waals surface area contributed by atoms with Gasteiger partial charge in [-0.15, -0.1) is 0 Å². The summed E-state index contributed by atoms with van der Waals surface area (Å²) >= 11 is 0. The van der Waals surface area contributed by atoms with E-state index < -0.39 is 0 Å². The molecule has 0 aliphatic rings. The largest absolute Gasteiger partial charge is 0.293 e. The molecule has 0 N–H and O–H groups in total. The Labute approximate surface area is 161 Å². The van der Waals surface area contributed by atoms with Crippen LogP contribution in [0.3, 0.4) is 0 Å². The van der Waals surface area contributed by atoms with Crippen LogP contribution in [0, 0.1) is 0 Å². The molecule has 0 aromatic heterocycles. The lowest BCUT2D eigenvalue weighted by Gasteiger charge is -2.49. The zero-order valence-corrected chi connectivity index (χ0v) is 19.1. The van der Waals surface area contributed by atoms with E-state index in [2.05, 4.69) is 53.4 Å². The van der Waals surface area contributed by atoms with E-state index in [1.54, 1.807) is 0 Å². The Morgan fingerprint density at radius 2 is 0.840 bits per heavy atom. The highest BCUT2D eigenvalue weighted by atomic mass is 15.2. The first-order valence-corrected chi connectivity index (χ1v) is 11.6. The van der Waals surface area contributed by atoms with Crippen LogP contribution < -0.4 is 0 Å². The Hall–Kier alpha value is -0.0400. The van der Waals surface area contributed by atoms with Crippen molar-refractivity contribution in [3.8, 4) is 0 Å². The van der Waals surface area contributed by atoms with Gasteiger partial charge in [0.05, 0.1) is 0 Å². The summed E-state index contributed by atoms with van der Waals surface area (Å²) in [7, 11) is 0. The molecular weight excluding hydrogens is 302 g/mol. The first kappa shape index (κ1) is 25.0. The molecule has 0 bridgehead atoms. The molecule has 0 aliphatic heterocycles. The van der Waals surface area contributed by atoms with Crippen molar-refractivity contribution >= 4 is 0 Å². The van der Waals surface area contributed by atoms with E-state index in [-0.39, 0.29) is 0 Å². The van der Waals surface area contributed by atoms with Crippen LogP contribution in [0.15, 0.2) is 0 Å². The lowest BCUT2D eigenvalue weighted by molar-refractivity contribution is 0.00351. The van der Waals surface area contributed by atoms with Gasteiger partial charge >= 0.3 is 0 Å². The van der Waals surface area contributed by atoms with Crippen LogP contribution in [0.4, 0.5) is 0 Å². The van der Waals surface area contributed by atoms with Gasteiger partial charge in [-0.2, -0.15) is 0 Å². The van der Waals surface area contributed by atoms with Crippen molar-refractivity contribution in [1.29, 1.82) is 0 Å². The molecular formula is C24H51N. The van der Waals surface area contributed by atoms with Crippen LogP contribution in [0.2, 0.25) is 0 Å². The van der Waals surface area contributed by atoms with Crippen LogP contribution in [-0.4, -0.2) is 22.5 Å². The Morgan fingerprint density at radius 3 is 1.20 bits per heavy atom. The normalized spacial score (nSPS) is 13.0. The summed E-state index contributed by atoms with van der Waals surface area (Å²) in [5.74, 6) is 0. The molecule has 1 nitrogen and oxygen atoms in total. The number of nitrogens with zero attached hydrogens (tertiary/aromatic N) is 1. The van der Waals surface area contributed by atoms with E-state index in [9.17, 15) is 0 Å². The highest BCUT2D eigenvalue weighted by Gasteiger charge is 2.35. The van der Waals surface area contributed by atoms with Gasteiger partial charge in [0.15, 0.2) is 0 Å². The minimum absolute atomic E-state index is 0.326. The van der Waals surface area contributed by atoms with E-state index in [4.69, 9.17) is 0 Å². The molecule has 152 valence electrons. The van der Waals surface area contributed by atoms with Crippen molar-refractivity contribution < 1.29 is 0 Å². The van der Waals surface area contributed by atoms with Crippen molar-refractivity contribution in [2.45, 2.75) is 149 Å². The van der Waals surface area contributed by atoms with Crippen LogP contribution in [0.25, 0.3) is 0 Å². The predicted octanol–water partition coefficient (Wildman–Crippen LogP) is 8.37. The Balaban J connectivity index is 4.15. The second-order valence-electron chi connectivity index (χ2n) is 9.46. The number of hydrogen-bond acceptors (Lipinski definition) is 1. The zero-order valence-electron chi connectivity index (χ0n) is 19.1. The van der Waals surface area contributed by atoms with E-state index in [1.165, 1.54) is 96.4 Å². The molecule has 0 aromatic carbocycles. The maximum atomic E-state index is 2.83. The van der Waals surface area contributed by atoms with Gasteiger partial charge in [-0.25, -0.2) is 0 Å². The maximum Gasteiger partial charge on any atom is 0.0158 e. The molecule has 0 aromatic rings. The number of unbranched alkanes of at least 4 members (excludes halogenated alkanes) is 9. The molecule has 0 heterocycles. The average Bonchev–Trinajstić information content (AvgIpc) is 2.52. The Kier molecular flexibility index (Phi) is 14.0. The standard InChI is InChI=1S/C24H51N/c1-8-11-12-13-14-15-16-17-18-19-22-25(23(4,5)20-9-2)24(6,7)21-10-3/h8-22H2,1-7H3. The minimum atomic E-state index is 0.326. The van der Waals surface area contributed by atoms with E-state index >= 15 is 0 Å². The van der Waals surface area contributed by atoms with Gasteiger partial charge in [-0.1, -0.05) is 91.4 Å². The van der Waals surface area contributed by atoms with Crippen molar-refractivity contribution in [2.75, 3.05) is 6.54 Å². The average molecular weight is 354 g/mol. The molecule has 0 aliphatic carbocycles. The molecule has 0 atom stereocenters. The van der Waals surface area contributed by atoms with Gasteiger partial charge in [0.1, 0.15) is 0 Å². The highest BCUT2D eigenvalue weighted by Crippen LogP contribution is 2.32. The topological polar surface area (TPSA) is 3.24 Å². The van der Waals surface area contributed by atoms with Crippen molar-refractivity contribution in [3.63, 3.8) is 0 Å². The minimum Gasteiger partial charge on any atom is -0.293 e. The molecule has 0 rings (SSSR count). The molecule has 0 unspecified atom stereocenters. The maximum absolute atomic E-state index is 2.83. The van der Waals surface area contributed by atoms with E-state index in [1.807, 2.05) is 0 Å². The summed E-state index contributed by atoms with van der Waals surface area (Å²) in [6, 6.07) is 0. The van der Waals surface area contributed by atoms with Gasteiger partial charge in [0, 0.05) is 11.1 Å². The van der Waals surface area contributed by atoms with E-state index in [0.717, 1.165) is 0 Å². The third kappa shape index (κ3) is 11.3. The third-order valence-corrected chi connectivity index (χ3v) is 5.92. The first-order valence-electron chi connectivity index (χ1n) is 11.6. The molecule has 0 amide bonds. The fourth-order valence-corrected chi connectivity index (χ4v) is 4.68.